The standard InChI is InChI=1S/C19H20Cl2FN3O/c1-13(19(26)23-17-4-2-3-16(20)18(17)21)24-9-11-25(12-10-24)15-7-5-14(22)6-8-15/h2-8,13H,9-12H2,1H3,(H,23,26). The first-order valence-electron chi connectivity index (χ1n) is 8.45. The molecular formula is C19H20Cl2FN3O. The van der Waals surface area contributed by atoms with Crippen molar-refractivity contribution in [2.45, 2.75) is 13.0 Å². The highest BCUT2D eigenvalue weighted by atomic mass is 35.5. The van der Waals surface area contributed by atoms with Crippen LogP contribution >= 0.6 is 23.2 Å². The van der Waals surface area contributed by atoms with Crippen LogP contribution in [0.1, 0.15) is 6.92 Å². The van der Waals surface area contributed by atoms with Crippen LogP contribution in [0.5, 0.6) is 0 Å². The number of benzene rings is 2. The average molecular weight is 396 g/mol. The molecule has 0 spiro atoms. The Morgan fingerprint density at radius 3 is 2.38 bits per heavy atom. The van der Waals surface area contributed by atoms with E-state index in [-0.39, 0.29) is 17.8 Å². The van der Waals surface area contributed by atoms with Crippen LogP contribution in [0.25, 0.3) is 0 Å². The Bertz CT molecular complexity index is 777. The van der Waals surface area contributed by atoms with Crippen LogP contribution in [-0.4, -0.2) is 43.0 Å². The van der Waals surface area contributed by atoms with Crippen molar-refractivity contribution in [1.82, 2.24) is 4.90 Å². The van der Waals surface area contributed by atoms with Gasteiger partial charge in [-0.15, -0.1) is 0 Å². The molecule has 1 unspecified atom stereocenters. The molecule has 26 heavy (non-hydrogen) atoms. The molecule has 0 aliphatic carbocycles. The van der Waals surface area contributed by atoms with Crippen LogP contribution in [0.2, 0.25) is 10.0 Å². The van der Waals surface area contributed by atoms with Gasteiger partial charge in [0.1, 0.15) is 5.82 Å². The summed E-state index contributed by atoms with van der Waals surface area (Å²) in [7, 11) is 0. The number of anilines is 2. The van der Waals surface area contributed by atoms with Gasteiger partial charge >= 0.3 is 0 Å². The van der Waals surface area contributed by atoms with Crippen molar-refractivity contribution in [2.24, 2.45) is 0 Å². The van der Waals surface area contributed by atoms with Crippen molar-refractivity contribution in [3.05, 3.63) is 58.3 Å². The second-order valence-electron chi connectivity index (χ2n) is 6.27. The van der Waals surface area contributed by atoms with E-state index in [1.807, 2.05) is 6.92 Å². The first-order valence-corrected chi connectivity index (χ1v) is 9.21. The maximum atomic E-state index is 13.1. The van der Waals surface area contributed by atoms with Gasteiger partial charge in [-0.3, -0.25) is 9.69 Å². The second-order valence-corrected chi connectivity index (χ2v) is 7.05. The molecule has 7 heteroatoms. The molecular weight excluding hydrogens is 376 g/mol. The smallest absolute Gasteiger partial charge is 0.241 e. The summed E-state index contributed by atoms with van der Waals surface area (Å²) >= 11 is 12.1. The minimum absolute atomic E-state index is 0.121. The van der Waals surface area contributed by atoms with Crippen LogP contribution in [-0.2, 0) is 4.79 Å². The number of carbonyl (C=O) groups excluding carboxylic acids is 1. The molecule has 3 rings (SSSR count). The molecule has 1 amide bonds. The summed E-state index contributed by atoms with van der Waals surface area (Å²) in [4.78, 5) is 16.9. The molecule has 1 saturated heterocycles. The fourth-order valence-corrected chi connectivity index (χ4v) is 3.37. The maximum absolute atomic E-state index is 13.1. The summed E-state index contributed by atoms with van der Waals surface area (Å²) in [6.45, 7) is 4.92. The zero-order chi connectivity index (χ0) is 18.7. The molecule has 1 aliphatic rings. The van der Waals surface area contributed by atoms with Gasteiger partial charge in [0.15, 0.2) is 0 Å². The van der Waals surface area contributed by atoms with Crippen LogP contribution in [0.4, 0.5) is 15.8 Å². The largest absolute Gasteiger partial charge is 0.369 e. The molecule has 2 aromatic carbocycles. The Morgan fingerprint density at radius 1 is 1.08 bits per heavy atom. The van der Waals surface area contributed by atoms with E-state index in [1.165, 1.54) is 12.1 Å². The first kappa shape index (κ1) is 19.0. The third-order valence-electron chi connectivity index (χ3n) is 4.64. The molecule has 138 valence electrons. The van der Waals surface area contributed by atoms with Gasteiger partial charge < -0.3 is 10.2 Å². The van der Waals surface area contributed by atoms with Gasteiger partial charge in [0.05, 0.1) is 21.8 Å². The SMILES string of the molecule is CC(C(=O)Nc1cccc(Cl)c1Cl)N1CCN(c2ccc(F)cc2)CC1. The highest BCUT2D eigenvalue weighted by Crippen LogP contribution is 2.29. The van der Waals surface area contributed by atoms with E-state index in [1.54, 1.807) is 30.3 Å². The van der Waals surface area contributed by atoms with Crippen LogP contribution < -0.4 is 10.2 Å². The third-order valence-corrected chi connectivity index (χ3v) is 5.46. The molecule has 0 saturated carbocycles. The number of rotatable bonds is 4. The van der Waals surface area contributed by atoms with E-state index in [2.05, 4.69) is 15.1 Å². The van der Waals surface area contributed by atoms with E-state index in [0.29, 0.717) is 15.7 Å². The fourth-order valence-electron chi connectivity index (χ4n) is 3.02. The van der Waals surface area contributed by atoms with Crippen molar-refractivity contribution in [3.63, 3.8) is 0 Å². The number of piperazine rings is 1. The molecule has 4 nitrogen and oxygen atoms in total. The minimum atomic E-state index is -0.291. The molecule has 1 atom stereocenters. The third kappa shape index (κ3) is 4.29. The van der Waals surface area contributed by atoms with Gasteiger partial charge in [0.2, 0.25) is 5.91 Å². The van der Waals surface area contributed by atoms with Gasteiger partial charge in [-0.1, -0.05) is 29.3 Å². The van der Waals surface area contributed by atoms with E-state index < -0.39 is 0 Å². The van der Waals surface area contributed by atoms with Gasteiger partial charge in [0.25, 0.3) is 0 Å². The first-order chi connectivity index (χ1) is 12.5. The molecule has 2 aromatic rings. The maximum Gasteiger partial charge on any atom is 0.241 e. The molecule has 0 aromatic heterocycles. The van der Waals surface area contributed by atoms with E-state index in [0.717, 1.165) is 31.9 Å². The summed E-state index contributed by atoms with van der Waals surface area (Å²) < 4.78 is 13.1. The predicted octanol–water partition coefficient (Wildman–Crippen LogP) is 4.28. The van der Waals surface area contributed by atoms with E-state index in [4.69, 9.17) is 23.2 Å². The lowest BCUT2D eigenvalue weighted by atomic mass is 10.2. The Hall–Kier alpha value is -1.82. The van der Waals surface area contributed by atoms with Crippen molar-refractivity contribution < 1.29 is 9.18 Å². The average Bonchev–Trinajstić information content (AvgIpc) is 2.65. The number of halogens is 3. The summed E-state index contributed by atoms with van der Waals surface area (Å²) in [6, 6.07) is 11.4. The second kappa shape index (κ2) is 8.25. The quantitative estimate of drug-likeness (QED) is 0.838. The minimum Gasteiger partial charge on any atom is -0.369 e. The summed E-state index contributed by atoms with van der Waals surface area (Å²) in [5.74, 6) is -0.359. The van der Waals surface area contributed by atoms with E-state index >= 15 is 0 Å². The predicted molar refractivity (Wildman–Crippen MR) is 105 cm³/mol. The van der Waals surface area contributed by atoms with Crippen molar-refractivity contribution >= 4 is 40.5 Å². The van der Waals surface area contributed by atoms with Gasteiger partial charge in [0, 0.05) is 31.9 Å². The number of nitrogens with zero attached hydrogens (tertiary/aromatic N) is 2. The number of carbonyl (C=O) groups is 1. The van der Waals surface area contributed by atoms with E-state index in [9.17, 15) is 9.18 Å². The highest BCUT2D eigenvalue weighted by Gasteiger charge is 2.26. The fraction of sp³-hybridized carbons (Fsp3) is 0.316. The van der Waals surface area contributed by atoms with Gasteiger partial charge in [-0.05, 0) is 43.3 Å². The number of hydrogen-bond donors (Lipinski definition) is 1. The van der Waals surface area contributed by atoms with Crippen molar-refractivity contribution in [3.8, 4) is 0 Å². The van der Waals surface area contributed by atoms with Crippen molar-refractivity contribution in [2.75, 3.05) is 36.4 Å². The lowest BCUT2D eigenvalue weighted by Gasteiger charge is -2.38. The lowest BCUT2D eigenvalue weighted by Crippen LogP contribution is -2.52. The molecule has 1 aliphatic heterocycles. The number of amides is 1. The normalized spacial score (nSPS) is 16.4. The Balaban J connectivity index is 1.57. The molecule has 1 fully saturated rings. The highest BCUT2D eigenvalue weighted by molar-refractivity contribution is 6.44. The molecule has 1 heterocycles. The van der Waals surface area contributed by atoms with Crippen LogP contribution in [0, 0.1) is 5.82 Å². The Labute approximate surface area is 162 Å². The molecule has 0 bridgehead atoms. The molecule has 0 radical (unpaired) electrons. The zero-order valence-corrected chi connectivity index (χ0v) is 15.9. The Morgan fingerprint density at radius 2 is 1.73 bits per heavy atom. The lowest BCUT2D eigenvalue weighted by molar-refractivity contribution is -0.120. The Kier molecular flexibility index (Phi) is 6.01. The zero-order valence-electron chi connectivity index (χ0n) is 14.4. The monoisotopic (exact) mass is 395 g/mol. The van der Waals surface area contributed by atoms with Crippen LogP contribution in [0.15, 0.2) is 42.5 Å². The van der Waals surface area contributed by atoms with Crippen molar-refractivity contribution in [1.29, 1.82) is 0 Å². The summed E-state index contributed by atoms with van der Waals surface area (Å²) in [6.07, 6.45) is 0. The topological polar surface area (TPSA) is 35.6 Å². The van der Waals surface area contributed by atoms with Gasteiger partial charge in [-0.25, -0.2) is 4.39 Å². The van der Waals surface area contributed by atoms with Gasteiger partial charge in [-0.2, -0.15) is 0 Å². The summed E-state index contributed by atoms with van der Waals surface area (Å²) in [5.41, 5.74) is 1.51. The number of hydrogen-bond acceptors (Lipinski definition) is 3. The number of nitrogens with one attached hydrogen (secondary N) is 1. The van der Waals surface area contributed by atoms with Crippen LogP contribution in [0.3, 0.4) is 0 Å². The molecule has 1 N–H and O–H groups in total. The summed E-state index contributed by atoms with van der Waals surface area (Å²) in [5, 5.41) is 3.60.